The maximum absolute atomic E-state index is 13.0. The van der Waals surface area contributed by atoms with E-state index in [9.17, 15) is 42.7 Å². The zero-order valence-corrected chi connectivity index (χ0v) is 38.2. The molecule has 0 spiro atoms. The van der Waals surface area contributed by atoms with Crippen LogP contribution in [0.2, 0.25) is 0 Å². The summed E-state index contributed by atoms with van der Waals surface area (Å²) in [5.74, 6) is 3.96. The van der Waals surface area contributed by atoms with Gasteiger partial charge in [0, 0.05) is 47.5 Å². The quantitative estimate of drug-likeness (QED) is 0.0115. The first-order valence-electron chi connectivity index (χ1n) is 19.6. The first-order chi connectivity index (χ1) is 32.7. The number of H-pyrrole nitrogens is 1. The molecule has 1 fully saturated rings. The predicted octanol–water partition coefficient (Wildman–Crippen LogP) is 0.0353. The zero-order chi connectivity index (χ0) is 50.6. The van der Waals surface area contributed by atoms with Crippen molar-refractivity contribution in [3.8, 4) is 17.6 Å². The minimum atomic E-state index is -5.84. The van der Waals surface area contributed by atoms with Crippen molar-refractivity contribution in [2.45, 2.75) is 37.5 Å². The molecule has 33 nitrogen and oxygen atoms in total. The number of carbonyl (C=O) groups excluding carboxylic acids is 3. The molecule has 6 atom stereocenters. The summed E-state index contributed by atoms with van der Waals surface area (Å²) < 4.78 is 76.4. The Balaban J connectivity index is 1.29. The molecule has 1 aromatic carbocycles. The molecule has 3 heterocycles. The molecule has 0 saturated carbocycles. The van der Waals surface area contributed by atoms with Gasteiger partial charge in [-0.05, 0) is 29.3 Å². The van der Waals surface area contributed by atoms with E-state index >= 15 is 0 Å². The second-order valence-electron chi connectivity index (χ2n) is 13.5. The molecule has 11 N–H and O–H groups in total. The number of amides is 3. The van der Waals surface area contributed by atoms with Gasteiger partial charge in [-0.15, -0.1) is 0 Å². The van der Waals surface area contributed by atoms with Crippen molar-refractivity contribution in [2.24, 2.45) is 10.2 Å². The van der Waals surface area contributed by atoms with Gasteiger partial charge < -0.3 is 74.6 Å². The van der Waals surface area contributed by atoms with Crippen LogP contribution in [0, 0.1) is 11.8 Å². The summed E-state index contributed by atoms with van der Waals surface area (Å²) in [6.45, 7) is -2.69. The smallest absolute Gasteiger partial charge is 0.490 e. The minimum Gasteiger partial charge on any atom is -0.491 e. The number of aromatic amines is 1. The number of benzene rings is 1. The van der Waals surface area contributed by atoms with Gasteiger partial charge in [-0.2, -0.15) is 13.6 Å². The second kappa shape index (κ2) is 26.7. The van der Waals surface area contributed by atoms with Crippen LogP contribution in [0.3, 0.4) is 0 Å². The van der Waals surface area contributed by atoms with Crippen LogP contribution in [0.15, 0.2) is 45.5 Å². The molecular formula is C33H44N13O20P3. The van der Waals surface area contributed by atoms with E-state index in [0.717, 1.165) is 0 Å². The van der Waals surface area contributed by atoms with Gasteiger partial charge in [0.05, 0.1) is 50.0 Å². The van der Waals surface area contributed by atoms with E-state index in [1.54, 1.807) is 12.1 Å². The minimum absolute atomic E-state index is 0.0513. The van der Waals surface area contributed by atoms with Crippen LogP contribution in [-0.2, 0) is 55.4 Å². The molecule has 3 aromatic rings. The van der Waals surface area contributed by atoms with Crippen molar-refractivity contribution in [1.29, 1.82) is 0 Å². The fourth-order valence-electron chi connectivity index (χ4n) is 5.79. The molecular weight excluding hydrogens is 991 g/mol. The van der Waals surface area contributed by atoms with Crippen molar-refractivity contribution >= 4 is 58.2 Å². The number of phosphoric acid groups is 3. The molecule has 2 aromatic heterocycles. The van der Waals surface area contributed by atoms with Crippen LogP contribution in [0.25, 0.3) is 31.9 Å². The molecule has 1 saturated heterocycles. The maximum atomic E-state index is 13.0. The van der Waals surface area contributed by atoms with Gasteiger partial charge in [0.25, 0.3) is 11.5 Å². The largest absolute Gasteiger partial charge is 0.491 e. The number of aromatic nitrogens is 3. The van der Waals surface area contributed by atoms with E-state index in [4.69, 9.17) is 59.9 Å². The third-order valence-electron chi connectivity index (χ3n) is 8.53. The second-order valence-corrected chi connectivity index (χ2v) is 17.9. The average Bonchev–Trinajstić information content (AvgIpc) is 3.84. The van der Waals surface area contributed by atoms with E-state index in [0.29, 0.717) is 0 Å². The number of nitrogens with one attached hydrogen (secondary N) is 4. The number of anilines is 1. The summed E-state index contributed by atoms with van der Waals surface area (Å²) >= 11 is 0. The van der Waals surface area contributed by atoms with E-state index in [-0.39, 0.29) is 98.7 Å². The van der Waals surface area contributed by atoms with E-state index in [1.165, 1.54) is 22.9 Å². The number of fused-ring (bicyclic) bond motifs is 1. The van der Waals surface area contributed by atoms with Gasteiger partial charge in [-0.3, -0.25) is 28.7 Å². The normalized spacial score (nSPS) is 17.7. The number of phosphoric ester groups is 1. The lowest BCUT2D eigenvalue weighted by Gasteiger charge is -2.21. The fraction of sp³-hybridized carbons (Fsp3) is 0.485. The lowest BCUT2D eigenvalue weighted by atomic mass is 10.2. The number of aliphatic hydroxyl groups excluding tert-OH is 1. The van der Waals surface area contributed by atoms with Crippen molar-refractivity contribution in [3.63, 3.8) is 0 Å². The highest BCUT2D eigenvalue weighted by Crippen LogP contribution is 2.66. The van der Waals surface area contributed by atoms with Crippen molar-refractivity contribution in [3.05, 3.63) is 72.8 Å². The number of azide groups is 2. The van der Waals surface area contributed by atoms with Crippen molar-refractivity contribution in [2.75, 3.05) is 71.7 Å². The number of aliphatic hydroxyl groups is 1. The van der Waals surface area contributed by atoms with Gasteiger partial charge in [0.2, 0.25) is 17.8 Å². The number of nitrogens with two attached hydrogens (primary N) is 1. The molecule has 1 aliphatic rings. The number of hydrogen-bond donors (Lipinski definition) is 10. The summed E-state index contributed by atoms with van der Waals surface area (Å²) in [6, 6.07) is 6.10. The Morgan fingerprint density at radius 1 is 1.06 bits per heavy atom. The van der Waals surface area contributed by atoms with Gasteiger partial charge in [0.15, 0.2) is 11.9 Å². The van der Waals surface area contributed by atoms with Crippen LogP contribution in [0.5, 0.6) is 5.75 Å². The molecule has 36 heteroatoms. The monoisotopic (exact) mass is 1040 g/mol. The molecule has 0 bridgehead atoms. The SMILES string of the molecule is [N-]=[N+]=NCOC1CC(n2cc(C#CCNC(=O)COCCOC(COc3cccc(C(=O)NCCNC(=O)CCO)c3)N=[N+]=[N-])c3c(=O)[nH]c(N)nc32)OC1COP(=O)(O)OP(=O)(O)OP(=O)(O)O. The first-order valence-corrected chi connectivity index (χ1v) is 24.1. The molecule has 69 heavy (non-hydrogen) atoms. The molecule has 0 radical (unpaired) electrons. The summed E-state index contributed by atoms with van der Waals surface area (Å²) in [6.07, 6.45) is -3.56. The molecule has 3 amide bonds. The number of rotatable bonds is 28. The van der Waals surface area contributed by atoms with Crippen LogP contribution < -0.4 is 32.0 Å². The number of nitrogen functional groups attached to an aromatic ring is 1. The van der Waals surface area contributed by atoms with Crippen LogP contribution in [0.4, 0.5) is 5.95 Å². The van der Waals surface area contributed by atoms with Crippen LogP contribution >= 0.6 is 23.5 Å². The Morgan fingerprint density at radius 3 is 2.55 bits per heavy atom. The molecule has 1 aliphatic heterocycles. The number of carbonyl (C=O) groups is 3. The third-order valence-corrected chi connectivity index (χ3v) is 12.3. The highest BCUT2D eigenvalue weighted by Gasteiger charge is 2.44. The topological polar surface area (TPSA) is 488 Å². The predicted molar refractivity (Wildman–Crippen MR) is 231 cm³/mol. The number of ether oxygens (including phenoxy) is 5. The zero-order valence-electron chi connectivity index (χ0n) is 35.5. The fourth-order valence-corrected chi connectivity index (χ4v) is 8.82. The summed E-state index contributed by atoms with van der Waals surface area (Å²) in [5, 5.41) is 23.1. The van der Waals surface area contributed by atoms with Gasteiger partial charge >= 0.3 is 23.5 Å². The Hall–Kier alpha value is -5.96. The Bertz CT molecular complexity index is 2660. The van der Waals surface area contributed by atoms with Crippen LogP contribution in [0.1, 0.15) is 35.0 Å². The molecule has 0 aliphatic carbocycles. The molecule has 6 unspecified atom stereocenters. The Morgan fingerprint density at radius 2 is 1.83 bits per heavy atom. The van der Waals surface area contributed by atoms with Crippen molar-refractivity contribution < 1.29 is 89.6 Å². The standard InChI is InChI=1S/C33H44N13O20P3/c34-33-41-30-29(32(51)42-33)21(15-46(30)28-14-23(62-19-40-44-35)24(64-28)16-63-68(55,56)66-69(57,58)65-67(52,53)54)4-2-7-37-26(49)17-59-11-12-60-27(43-45-36)18-61-22-5-1-3-20(13-22)31(50)39-9-8-38-25(48)6-10-47/h1,3,5,13,15,23-24,27-28,47H,6-12,14,16-19H2,(H,37,49)(H,38,48)(H,39,50)(H,55,56)(H,57,58)(H2,52,53,54)(H3,34,41,42,51). The molecule has 4 rings (SSSR count). The first kappa shape index (κ1) is 55.6. The van der Waals surface area contributed by atoms with Gasteiger partial charge in [0.1, 0.15) is 38.0 Å². The highest BCUT2D eigenvalue weighted by atomic mass is 31.3. The Kier molecular flexibility index (Phi) is 21.5. The summed E-state index contributed by atoms with van der Waals surface area (Å²) in [4.78, 5) is 98.2. The Labute approximate surface area is 387 Å². The average molecular weight is 1040 g/mol. The van der Waals surface area contributed by atoms with E-state index in [1.807, 2.05) is 0 Å². The lowest BCUT2D eigenvalue weighted by Crippen LogP contribution is -2.34. The van der Waals surface area contributed by atoms with Gasteiger partial charge in [-0.1, -0.05) is 28.1 Å². The highest BCUT2D eigenvalue weighted by molar-refractivity contribution is 7.66. The lowest BCUT2D eigenvalue weighted by molar-refractivity contribution is -0.126. The summed E-state index contributed by atoms with van der Waals surface area (Å²) in [5.41, 5.74) is 23.0. The van der Waals surface area contributed by atoms with E-state index in [2.05, 4.69) is 66.4 Å². The van der Waals surface area contributed by atoms with Crippen molar-refractivity contribution in [1.82, 2.24) is 30.5 Å². The van der Waals surface area contributed by atoms with E-state index < -0.39 is 85.5 Å². The number of nitrogens with zero attached hydrogens (tertiary/aromatic N) is 8. The van der Waals surface area contributed by atoms with Gasteiger partial charge in [-0.25, -0.2) is 13.7 Å². The summed E-state index contributed by atoms with van der Waals surface area (Å²) in [7, 11) is -17.1. The number of hydrogen-bond acceptors (Lipinski definition) is 20. The molecule has 376 valence electrons. The third kappa shape index (κ3) is 19.2. The van der Waals surface area contributed by atoms with Crippen LogP contribution in [-0.4, -0.2) is 141 Å². The maximum Gasteiger partial charge on any atom is 0.490 e.